The summed E-state index contributed by atoms with van der Waals surface area (Å²) in [7, 11) is 0. The lowest BCUT2D eigenvalue weighted by molar-refractivity contribution is -0.145. The molecule has 0 saturated heterocycles. The second-order valence-corrected chi connectivity index (χ2v) is 6.26. The van der Waals surface area contributed by atoms with Crippen LogP contribution in [0.2, 0.25) is 0 Å². The van der Waals surface area contributed by atoms with Crippen LogP contribution in [0.3, 0.4) is 0 Å². The van der Waals surface area contributed by atoms with E-state index >= 15 is 0 Å². The summed E-state index contributed by atoms with van der Waals surface area (Å²) in [6.45, 7) is 6.66. The highest BCUT2D eigenvalue weighted by Crippen LogP contribution is 2.32. The standard InChI is InChI=1S/C18H27NO2/c1-4-21-18(20)17(15-10-8-13(2)9-11-15)19-16-7-5-6-14(3)12-16/h5-7,12-13,15,17,19H,4,8-11H2,1-3H3. The van der Waals surface area contributed by atoms with E-state index in [4.69, 9.17) is 4.74 Å². The van der Waals surface area contributed by atoms with E-state index in [1.807, 2.05) is 19.1 Å². The summed E-state index contributed by atoms with van der Waals surface area (Å²) in [6, 6.07) is 7.96. The van der Waals surface area contributed by atoms with Crippen LogP contribution in [-0.2, 0) is 9.53 Å². The summed E-state index contributed by atoms with van der Waals surface area (Å²) < 4.78 is 5.29. The van der Waals surface area contributed by atoms with E-state index in [9.17, 15) is 4.79 Å². The number of benzene rings is 1. The summed E-state index contributed by atoms with van der Waals surface area (Å²) in [5, 5.41) is 3.41. The summed E-state index contributed by atoms with van der Waals surface area (Å²) >= 11 is 0. The van der Waals surface area contributed by atoms with Gasteiger partial charge in [-0.3, -0.25) is 0 Å². The first-order valence-electron chi connectivity index (χ1n) is 8.10. The Hall–Kier alpha value is -1.51. The van der Waals surface area contributed by atoms with Crippen LogP contribution in [0.5, 0.6) is 0 Å². The lowest BCUT2D eigenvalue weighted by atomic mass is 9.79. The van der Waals surface area contributed by atoms with Crippen molar-refractivity contribution in [1.29, 1.82) is 0 Å². The van der Waals surface area contributed by atoms with Crippen molar-refractivity contribution in [1.82, 2.24) is 0 Å². The molecule has 116 valence electrons. The van der Waals surface area contributed by atoms with Gasteiger partial charge in [-0.05, 0) is 56.2 Å². The Labute approximate surface area is 128 Å². The molecule has 1 saturated carbocycles. The van der Waals surface area contributed by atoms with E-state index in [2.05, 4.69) is 31.3 Å². The van der Waals surface area contributed by atoms with Crippen molar-refractivity contribution in [3.63, 3.8) is 0 Å². The van der Waals surface area contributed by atoms with E-state index in [1.54, 1.807) is 0 Å². The molecule has 0 aliphatic heterocycles. The Morgan fingerprint density at radius 2 is 2.05 bits per heavy atom. The molecule has 21 heavy (non-hydrogen) atoms. The molecular formula is C18H27NO2. The van der Waals surface area contributed by atoms with E-state index < -0.39 is 0 Å². The highest BCUT2D eigenvalue weighted by atomic mass is 16.5. The number of carbonyl (C=O) groups excluding carboxylic acids is 1. The molecule has 0 aromatic heterocycles. The molecule has 1 aliphatic rings. The number of nitrogens with one attached hydrogen (secondary N) is 1. The second-order valence-electron chi connectivity index (χ2n) is 6.26. The van der Waals surface area contributed by atoms with Gasteiger partial charge in [-0.1, -0.05) is 31.9 Å². The fourth-order valence-electron chi connectivity index (χ4n) is 3.13. The van der Waals surface area contributed by atoms with Gasteiger partial charge in [-0.15, -0.1) is 0 Å². The maximum absolute atomic E-state index is 12.3. The fourth-order valence-corrected chi connectivity index (χ4v) is 3.13. The number of ether oxygens (including phenoxy) is 1. The van der Waals surface area contributed by atoms with Crippen LogP contribution in [0.1, 0.15) is 45.1 Å². The van der Waals surface area contributed by atoms with Crippen LogP contribution in [0.25, 0.3) is 0 Å². The summed E-state index contributed by atoms with van der Waals surface area (Å²) in [5.41, 5.74) is 2.20. The molecule has 0 amide bonds. The molecule has 2 rings (SSSR count). The van der Waals surface area contributed by atoms with Crippen LogP contribution >= 0.6 is 0 Å². The first kappa shape index (κ1) is 15.9. The molecule has 0 bridgehead atoms. The molecule has 1 N–H and O–H groups in total. The zero-order valence-electron chi connectivity index (χ0n) is 13.4. The van der Waals surface area contributed by atoms with Gasteiger partial charge in [0.25, 0.3) is 0 Å². The smallest absolute Gasteiger partial charge is 0.328 e. The number of anilines is 1. The van der Waals surface area contributed by atoms with Gasteiger partial charge in [-0.2, -0.15) is 0 Å². The Morgan fingerprint density at radius 3 is 2.67 bits per heavy atom. The third-order valence-corrected chi connectivity index (χ3v) is 4.41. The molecule has 1 aromatic rings. The lowest BCUT2D eigenvalue weighted by Crippen LogP contribution is -2.40. The summed E-state index contributed by atoms with van der Waals surface area (Å²) in [6.07, 6.45) is 4.61. The maximum atomic E-state index is 12.3. The first-order chi connectivity index (χ1) is 10.1. The highest BCUT2D eigenvalue weighted by Gasteiger charge is 2.32. The summed E-state index contributed by atoms with van der Waals surface area (Å²) in [4.78, 5) is 12.3. The Kier molecular flexibility index (Phi) is 5.66. The van der Waals surface area contributed by atoms with Crippen molar-refractivity contribution >= 4 is 11.7 Å². The molecule has 0 radical (unpaired) electrons. The van der Waals surface area contributed by atoms with Crippen LogP contribution in [0.4, 0.5) is 5.69 Å². The average Bonchev–Trinajstić information content (AvgIpc) is 2.46. The minimum atomic E-state index is -0.223. The molecule has 0 spiro atoms. The number of rotatable bonds is 5. The normalized spacial score (nSPS) is 23.4. The molecule has 1 aromatic carbocycles. The van der Waals surface area contributed by atoms with Gasteiger partial charge in [0.05, 0.1) is 6.61 Å². The van der Waals surface area contributed by atoms with Crippen LogP contribution < -0.4 is 5.32 Å². The van der Waals surface area contributed by atoms with Gasteiger partial charge in [-0.25, -0.2) is 4.79 Å². The van der Waals surface area contributed by atoms with Crippen molar-refractivity contribution < 1.29 is 9.53 Å². The third kappa shape index (κ3) is 4.48. The van der Waals surface area contributed by atoms with E-state index in [-0.39, 0.29) is 12.0 Å². The summed E-state index contributed by atoms with van der Waals surface area (Å²) in [5.74, 6) is 1.04. The van der Waals surface area contributed by atoms with Crippen molar-refractivity contribution in [3.8, 4) is 0 Å². The SMILES string of the molecule is CCOC(=O)C(Nc1cccc(C)c1)C1CCC(C)CC1. The largest absolute Gasteiger partial charge is 0.464 e. The average molecular weight is 289 g/mol. The van der Waals surface area contributed by atoms with Crippen molar-refractivity contribution in [2.75, 3.05) is 11.9 Å². The number of esters is 1. The van der Waals surface area contributed by atoms with E-state index in [0.29, 0.717) is 12.5 Å². The number of hydrogen-bond donors (Lipinski definition) is 1. The Morgan fingerprint density at radius 1 is 1.33 bits per heavy atom. The Bertz CT molecular complexity index is 464. The lowest BCUT2D eigenvalue weighted by Gasteiger charge is -2.32. The van der Waals surface area contributed by atoms with Crippen LogP contribution in [0.15, 0.2) is 24.3 Å². The molecule has 3 heteroatoms. The van der Waals surface area contributed by atoms with Crippen molar-refractivity contribution in [3.05, 3.63) is 29.8 Å². The van der Waals surface area contributed by atoms with Gasteiger partial charge in [0, 0.05) is 5.69 Å². The van der Waals surface area contributed by atoms with Gasteiger partial charge < -0.3 is 10.1 Å². The van der Waals surface area contributed by atoms with E-state index in [1.165, 1.54) is 18.4 Å². The minimum Gasteiger partial charge on any atom is -0.464 e. The predicted molar refractivity (Wildman–Crippen MR) is 86.3 cm³/mol. The molecular weight excluding hydrogens is 262 g/mol. The zero-order chi connectivity index (χ0) is 15.2. The van der Waals surface area contributed by atoms with Gasteiger partial charge in [0.15, 0.2) is 0 Å². The molecule has 1 aliphatic carbocycles. The number of carbonyl (C=O) groups is 1. The van der Waals surface area contributed by atoms with E-state index in [0.717, 1.165) is 24.4 Å². The van der Waals surface area contributed by atoms with Gasteiger partial charge in [0.2, 0.25) is 0 Å². The third-order valence-electron chi connectivity index (χ3n) is 4.41. The van der Waals surface area contributed by atoms with Gasteiger partial charge >= 0.3 is 5.97 Å². The maximum Gasteiger partial charge on any atom is 0.328 e. The van der Waals surface area contributed by atoms with Gasteiger partial charge in [0.1, 0.15) is 6.04 Å². The number of aryl methyl sites for hydroxylation is 1. The quantitative estimate of drug-likeness (QED) is 0.827. The predicted octanol–water partition coefficient (Wildman–Crippen LogP) is 4.16. The molecule has 3 nitrogen and oxygen atoms in total. The number of hydrogen-bond acceptors (Lipinski definition) is 3. The molecule has 1 unspecified atom stereocenters. The molecule has 1 fully saturated rings. The second kappa shape index (κ2) is 7.48. The highest BCUT2D eigenvalue weighted by molar-refractivity contribution is 5.79. The van der Waals surface area contributed by atoms with Crippen LogP contribution in [0, 0.1) is 18.8 Å². The topological polar surface area (TPSA) is 38.3 Å². The monoisotopic (exact) mass is 289 g/mol. The molecule has 0 heterocycles. The van der Waals surface area contributed by atoms with Crippen molar-refractivity contribution in [2.24, 2.45) is 11.8 Å². The first-order valence-corrected chi connectivity index (χ1v) is 8.10. The van der Waals surface area contributed by atoms with Crippen LogP contribution in [-0.4, -0.2) is 18.6 Å². The van der Waals surface area contributed by atoms with Crippen molar-refractivity contribution in [2.45, 2.75) is 52.5 Å². The fraction of sp³-hybridized carbons (Fsp3) is 0.611. The Balaban J connectivity index is 2.10. The minimum absolute atomic E-state index is 0.112. The zero-order valence-corrected chi connectivity index (χ0v) is 13.4. The molecule has 1 atom stereocenters.